The predicted octanol–water partition coefficient (Wildman–Crippen LogP) is 0.895. The van der Waals surface area contributed by atoms with E-state index in [1.54, 1.807) is 4.90 Å². The van der Waals surface area contributed by atoms with Crippen LogP contribution in [0.3, 0.4) is 0 Å². The average molecular weight is 273 g/mol. The quantitative estimate of drug-likeness (QED) is 0.631. The minimum Gasteiger partial charge on any atom is -0.481 e. The number of carbonyl (C=O) groups is 2. The predicted molar refractivity (Wildman–Crippen MR) is 68.9 cm³/mol. The molecule has 0 saturated carbocycles. The zero-order chi connectivity index (χ0) is 14.1. The van der Waals surface area contributed by atoms with Crippen LogP contribution in [-0.4, -0.2) is 60.9 Å². The Morgan fingerprint density at radius 2 is 2.21 bits per heavy atom. The highest BCUT2D eigenvalue weighted by Gasteiger charge is 2.16. The standard InChI is InChI=1S/C13H23NO5/c1-2-14(7-5-13(16)17)12(15)6-9-18-10-11-4-3-8-19-11/h11H,2-10H2,1H3,(H,16,17). The van der Waals surface area contributed by atoms with Crippen molar-refractivity contribution in [3.63, 3.8) is 0 Å². The molecule has 6 nitrogen and oxygen atoms in total. The Morgan fingerprint density at radius 1 is 1.42 bits per heavy atom. The lowest BCUT2D eigenvalue weighted by Crippen LogP contribution is -2.33. The Balaban J connectivity index is 2.11. The molecule has 0 radical (unpaired) electrons. The van der Waals surface area contributed by atoms with Crippen molar-refractivity contribution in [1.29, 1.82) is 0 Å². The molecule has 110 valence electrons. The first-order chi connectivity index (χ1) is 9.13. The number of hydrogen-bond donors (Lipinski definition) is 1. The van der Waals surface area contributed by atoms with Gasteiger partial charge in [-0.05, 0) is 19.8 Å². The van der Waals surface area contributed by atoms with Crippen LogP contribution in [0.4, 0.5) is 0 Å². The number of hydrogen-bond acceptors (Lipinski definition) is 4. The Hall–Kier alpha value is -1.14. The SMILES string of the molecule is CCN(CCC(=O)O)C(=O)CCOCC1CCCO1. The van der Waals surface area contributed by atoms with Crippen molar-refractivity contribution in [2.45, 2.75) is 38.7 Å². The second kappa shape index (κ2) is 8.87. The van der Waals surface area contributed by atoms with E-state index in [4.69, 9.17) is 14.6 Å². The topological polar surface area (TPSA) is 76.1 Å². The van der Waals surface area contributed by atoms with Gasteiger partial charge in [-0.25, -0.2) is 0 Å². The minimum atomic E-state index is -0.888. The average Bonchev–Trinajstić information content (AvgIpc) is 2.88. The van der Waals surface area contributed by atoms with Crippen LogP contribution in [-0.2, 0) is 19.1 Å². The van der Waals surface area contributed by atoms with E-state index in [0.717, 1.165) is 19.4 Å². The molecule has 19 heavy (non-hydrogen) atoms. The maximum absolute atomic E-state index is 11.8. The zero-order valence-corrected chi connectivity index (χ0v) is 11.5. The molecule has 0 aromatic heterocycles. The van der Waals surface area contributed by atoms with Crippen LogP contribution in [0.1, 0.15) is 32.6 Å². The van der Waals surface area contributed by atoms with Crippen molar-refractivity contribution in [1.82, 2.24) is 4.90 Å². The Labute approximate surface area is 113 Å². The molecule has 0 bridgehead atoms. The van der Waals surface area contributed by atoms with Crippen molar-refractivity contribution in [3.8, 4) is 0 Å². The Morgan fingerprint density at radius 3 is 2.79 bits per heavy atom. The minimum absolute atomic E-state index is 0.0175. The number of amides is 1. The van der Waals surface area contributed by atoms with E-state index < -0.39 is 5.97 Å². The molecule has 1 rings (SSSR count). The van der Waals surface area contributed by atoms with Gasteiger partial charge in [-0.3, -0.25) is 9.59 Å². The van der Waals surface area contributed by atoms with E-state index in [0.29, 0.717) is 26.2 Å². The maximum Gasteiger partial charge on any atom is 0.305 e. The summed E-state index contributed by atoms with van der Waals surface area (Å²) in [6.45, 7) is 4.32. The first-order valence-corrected chi connectivity index (χ1v) is 6.82. The van der Waals surface area contributed by atoms with Crippen molar-refractivity contribution >= 4 is 11.9 Å². The fraction of sp³-hybridized carbons (Fsp3) is 0.846. The van der Waals surface area contributed by atoms with Gasteiger partial charge in [0.25, 0.3) is 0 Å². The van der Waals surface area contributed by atoms with Gasteiger partial charge in [0.1, 0.15) is 0 Å². The summed E-state index contributed by atoms with van der Waals surface area (Å²) in [6, 6.07) is 0. The van der Waals surface area contributed by atoms with Crippen LogP contribution in [0.25, 0.3) is 0 Å². The number of carbonyl (C=O) groups excluding carboxylic acids is 1. The summed E-state index contributed by atoms with van der Waals surface area (Å²) in [5, 5.41) is 8.60. The van der Waals surface area contributed by atoms with Gasteiger partial charge in [0, 0.05) is 19.7 Å². The van der Waals surface area contributed by atoms with Gasteiger partial charge in [-0.15, -0.1) is 0 Å². The van der Waals surface area contributed by atoms with E-state index in [9.17, 15) is 9.59 Å². The molecule has 0 aliphatic carbocycles. The molecular weight excluding hydrogens is 250 g/mol. The largest absolute Gasteiger partial charge is 0.481 e. The lowest BCUT2D eigenvalue weighted by molar-refractivity contribution is -0.138. The van der Waals surface area contributed by atoms with Gasteiger partial charge >= 0.3 is 5.97 Å². The van der Waals surface area contributed by atoms with Gasteiger partial charge in [-0.2, -0.15) is 0 Å². The molecule has 1 atom stereocenters. The van der Waals surface area contributed by atoms with Gasteiger partial charge in [0.2, 0.25) is 5.91 Å². The fourth-order valence-electron chi connectivity index (χ4n) is 2.00. The third kappa shape index (κ3) is 6.54. The molecule has 1 amide bonds. The van der Waals surface area contributed by atoms with E-state index >= 15 is 0 Å². The molecule has 0 spiro atoms. The fourth-order valence-corrected chi connectivity index (χ4v) is 2.00. The van der Waals surface area contributed by atoms with Crippen LogP contribution < -0.4 is 0 Å². The Bertz CT molecular complexity index is 289. The van der Waals surface area contributed by atoms with E-state index in [-0.39, 0.29) is 25.0 Å². The van der Waals surface area contributed by atoms with Gasteiger partial charge < -0.3 is 19.5 Å². The Kier molecular flexibility index (Phi) is 7.43. The number of carboxylic acid groups (broad SMARTS) is 1. The van der Waals surface area contributed by atoms with Crippen LogP contribution in [0.15, 0.2) is 0 Å². The summed E-state index contributed by atoms with van der Waals surface area (Å²) >= 11 is 0. The number of ether oxygens (including phenoxy) is 2. The third-order valence-electron chi connectivity index (χ3n) is 3.12. The molecule has 1 unspecified atom stereocenters. The highest BCUT2D eigenvalue weighted by Crippen LogP contribution is 2.12. The monoisotopic (exact) mass is 273 g/mol. The van der Waals surface area contributed by atoms with Gasteiger partial charge in [0.05, 0.1) is 32.2 Å². The van der Waals surface area contributed by atoms with Crippen molar-refractivity contribution in [2.75, 3.05) is 32.9 Å². The van der Waals surface area contributed by atoms with Crippen LogP contribution in [0.5, 0.6) is 0 Å². The van der Waals surface area contributed by atoms with E-state index in [1.807, 2.05) is 6.92 Å². The van der Waals surface area contributed by atoms with Crippen LogP contribution in [0.2, 0.25) is 0 Å². The van der Waals surface area contributed by atoms with Crippen LogP contribution >= 0.6 is 0 Å². The first kappa shape index (κ1) is 15.9. The molecule has 1 aliphatic rings. The molecule has 0 aromatic rings. The summed E-state index contributed by atoms with van der Waals surface area (Å²) in [6.07, 6.45) is 2.54. The second-order valence-electron chi connectivity index (χ2n) is 4.58. The summed E-state index contributed by atoms with van der Waals surface area (Å²) in [4.78, 5) is 23.8. The molecule has 1 N–H and O–H groups in total. The number of nitrogens with zero attached hydrogens (tertiary/aromatic N) is 1. The lowest BCUT2D eigenvalue weighted by atomic mass is 10.2. The molecule has 1 saturated heterocycles. The number of carboxylic acids is 1. The molecule has 1 fully saturated rings. The zero-order valence-electron chi connectivity index (χ0n) is 11.5. The highest BCUT2D eigenvalue weighted by molar-refractivity contribution is 5.77. The molecular formula is C13H23NO5. The van der Waals surface area contributed by atoms with E-state index in [1.165, 1.54) is 0 Å². The molecule has 6 heteroatoms. The summed E-state index contributed by atoms with van der Waals surface area (Å²) in [7, 11) is 0. The molecule has 1 heterocycles. The first-order valence-electron chi connectivity index (χ1n) is 6.82. The van der Waals surface area contributed by atoms with Gasteiger partial charge in [0.15, 0.2) is 0 Å². The summed E-state index contributed by atoms with van der Waals surface area (Å²) in [5.74, 6) is -0.947. The smallest absolute Gasteiger partial charge is 0.305 e. The summed E-state index contributed by atoms with van der Waals surface area (Å²) < 4.78 is 10.8. The van der Waals surface area contributed by atoms with Crippen molar-refractivity contribution < 1.29 is 24.2 Å². The lowest BCUT2D eigenvalue weighted by Gasteiger charge is -2.20. The molecule has 1 aliphatic heterocycles. The van der Waals surface area contributed by atoms with Gasteiger partial charge in [-0.1, -0.05) is 0 Å². The summed E-state index contributed by atoms with van der Waals surface area (Å²) in [5.41, 5.74) is 0. The maximum atomic E-state index is 11.8. The van der Waals surface area contributed by atoms with E-state index in [2.05, 4.69) is 0 Å². The van der Waals surface area contributed by atoms with Crippen molar-refractivity contribution in [3.05, 3.63) is 0 Å². The normalized spacial score (nSPS) is 18.5. The third-order valence-corrected chi connectivity index (χ3v) is 3.12. The van der Waals surface area contributed by atoms with Crippen LogP contribution in [0, 0.1) is 0 Å². The molecule has 0 aromatic carbocycles. The van der Waals surface area contributed by atoms with Crippen molar-refractivity contribution in [2.24, 2.45) is 0 Å². The highest BCUT2D eigenvalue weighted by atomic mass is 16.5. The second-order valence-corrected chi connectivity index (χ2v) is 4.58. The number of rotatable bonds is 9. The number of aliphatic carboxylic acids is 1.